The van der Waals surface area contributed by atoms with E-state index in [1.165, 1.54) is 30.0 Å². The molecule has 114 valence electrons. The Kier molecular flexibility index (Phi) is 5.57. The summed E-state index contributed by atoms with van der Waals surface area (Å²) in [5.74, 6) is 1.09. The minimum Gasteiger partial charge on any atom is -0.354 e. The van der Waals surface area contributed by atoms with Gasteiger partial charge in [-0.25, -0.2) is 4.98 Å². The van der Waals surface area contributed by atoms with E-state index < -0.39 is 0 Å². The number of nitrogens with zero attached hydrogens (tertiary/aromatic N) is 2. The predicted octanol–water partition coefficient (Wildman–Crippen LogP) is 4.10. The molecule has 0 radical (unpaired) electrons. The molecular weight excluding hydrogens is 258 g/mol. The lowest BCUT2D eigenvalue weighted by molar-refractivity contribution is 0.621. The Morgan fingerprint density at radius 2 is 1.86 bits per heavy atom. The number of benzene rings is 1. The molecule has 0 amide bonds. The first-order valence-corrected chi connectivity index (χ1v) is 8.02. The molecular formula is C18H27N3. The lowest BCUT2D eigenvalue weighted by Crippen LogP contribution is -2.32. The summed E-state index contributed by atoms with van der Waals surface area (Å²) >= 11 is 0. The second-order valence-electron chi connectivity index (χ2n) is 5.85. The molecule has 0 atom stereocenters. The van der Waals surface area contributed by atoms with E-state index in [0.29, 0.717) is 12.6 Å². The van der Waals surface area contributed by atoms with Crippen LogP contribution in [0, 0.1) is 0 Å². The van der Waals surface area contributed by atoms with Crippen LogP contribution in [0.2, 0.25) is 0 Å². The fraction of sp³-hybridized carbons (Fsp3) is 0.500. The van der Waals surface area contributed by atoms with Crippen LogP contribution in [0.1, 0.15) is 45.6 Å². The Labute approximate surface area is 128 Å². The molecule has 0 unspecified atom stereocenters. The fourth-order valence-electron chi connectivity index (χ4n) is 2.77. The van der Waals surface area contributed by atoms with E-state index in [0.717, 1.165) is 17.9 Å². The zero-order valence-corrected chi connectivity index (χ0v) is 13.5. The number of anilines is 1. The molecule has 0 bridgehead atoms. The van der Waals surface area contributed by atoms with E-state index in [2.05, 4.69) is 49.9 Å². The second-order valence-corrected chi connectivity index (χ2v) is 5.85. The van der Waals surface area contributed by atoms with E-state index in [1.54, 1.807) is 0 Å². The highest BCUT2D eigenvalue weighted by atomic mass is 15.2. The molecule has 0 aliphatic carbocycles. The molecule has 0 aliphatic heterocycles. The molecule has 1 aromatic carbocycles. The molecule has 2 N–H and O–H groups in total. The van der Waals surface area contributed by atoms with Crippen molar-refractivity contribution in [2.24, 2.45) is 5.73 Å². The third-order valence-corrected chi connectivity index (χ3v) is 3.97. The van der Waals surface area contributed by atoms with Crippen LogP contribution in [0.3, 0.4) is 0 Å². The molecule has 0 fully saturated rings. The summed E-state index contributed by atoms with van der Waals surface area (Å²) in [4.78, 5) is 7.14. The van der Waals surface area contributed by atoms with Gasteiger partial charge in [0.05, 0.1) is 0 Å². The van der Waals surface area contributed by atoms with Gasteiger partial charge in [-0.05, 0) is 31.2 Å². The smallest absolute Gasteiger partial charge is 0.136 e. The standard InChI is InChI=1S/C18H27N3/c1-4-5-8-11-21(14(2)3)18-17-10-7-6-9-16(17)15(12-19)13-20-18/h6-7,9-10,13-14H,4-5,8,11-12,19H2,1-3H3. The Morgan fingerprint density at radius 3 is 2.48 bits per heavy atom. The quantitative estimate of drug-likeness (QED) is 0.779. The van der Waals surface area contributed by atoms with E-state index in [-0.39, 0.29) is 0 Å². The summed E-state index contributed by atoms with van der Waals surface area (Å²) < 4.78 is 0. The van der Waals surface area contributed by atoms with Gasteiger partial charge in [-0.3, -0.25) is 0 Å². The second kappa shape index (κ2) is 7.41. The minimum atomic E-state index is 0.446. The average Bonchev–Trinajstić information content (AvgIpc) is 2.50. The Hall–Kier alpha value is -1.61. The van der Waals surface area contributed by atoms with E-state index in [1.807, 2.05) is 6.20 Å². The lowest BCUT2D eigenvalue weighted by atomic mass is 10.1. The summed E-state index contributed by atoms with van der Waals surface area (Å²) in [5.41, 5.74) is 6.96. The third-order valence-electron chi connectivity index (χ3n) is 3.97. The molecule has 3 nitrogen and oxygen atoms in total. The maximum atomic E-state index is 5.85. The minimum absolute atomic E-state index is 0.446. The number of fused-ring (bicyclic) bond motifs is 1. The average molecular weight is 285 g/mol. The molecule has 0 aliphatic rings. The van der Waals surface area contributed by atoms with Gasteiger partial charge >= 0.3 is 0 Å². The number of aromatic nitrogens is 1. The predicted molar refractivity (Wildman–Crippen MR) is 91.6 cm³/mol. The van der Waals surface area contributed by atoms with Gasteiger partial charge in [-0.15, -0.1) is 0 Å². The van der Waals surface area contributed by atoms with Gasteiger partial charge in [0, 0.05) is 30.7 Å². The van der Waals surface area contributed by atoms with Crippen LogP contribution in [0.15, 0.2) is 30.5 Å². The zero-order chi connectivity index (χ0) is 15.2. The van der Waals surface area contributed by atoms with Crippen LogP contribution >= 0.6 is 0 Å². The van der Waals surface area contributed by atoms with Crippen LogP contribution in [0.5, 0.6) is 0 Å². The monoisotopic (exact) mass is 285 g/mol. The third kappa shape index (κ3) is 3.53. The van der Waals surface area contributed by atoms with E-state index in [9.17, 15) is 0 Å². The fourth-order valence-corrected chi connectivity index (χ4v) is 2.77. The van der Waals surface area contributed by atoms with Gasteiger partial charge in [0.1, 0.15) is 5.82 Å². The van der Waals surface area contributed by atoms with Crippen molar-refractivity contribution in [3.8, 4) is 0 Å². The molecule has 0 saturated carbocycles. The van der Waals surface area contributed by atoms with Crippen LogP contribution in [0.4, 0.5) is 5.82 Å². The number of rotatable bonds is 7. The topological polar surface area (TPSA) is 42.2 Å². The molecule has 21 heavy (non-hydrogen) atoms. The van der Waals surface area contributed by atoms with Crippen molar-refractivity contribution in [1.82, 2.24) is 4.98 Å². The van der Waals surface area contributed by atoms with Crippen molar-refractivity contribution in [3.05, 3.63) is 36.0 Å². The maximum absolute atomic E-state index is 5.85. The van der Waals surface area contributed by atoms with E-state index in [4.69, 9.17) is 10.7 Å². The lowest BCUT2D eigenvalue weighted by Gasteiger charge is -2.29. The maximum Gasteiger partial charge on any atom is 0.136 e. The summed E-state index contributed by atoms with van der Waals surface area (Å²) in [6, 6.07) is 8.90. The summed E-state index contributed by atoms with van der Waals surface area (Å²) in [7, 11) is 0. The van der Waals surface area contributed by atoms with Crippen LogP contribution in [-0.4, -0.2) is 17.6 Å². The highest BCUT2D eigenvalue weighted by Crippen LogP contribution is 2.28. The largest absolute Gasteiger partial charge is 0.354 e. The molecule has 0 saturated heterocycles. The first-order chi connectivity index (χ1) is 10.2. The molecule has 3 heteroatoms. The van der Waals surface area contributed by atoms with Gasteiger partial charge in [-0.2, -0.15) is 0 Å². The Morgan fingerprint density at radius 1 is 1.14 bits per heavy atom. The summed E-state index contributed by atoms with van der Waals surface area (Å²) in [6.45, 7) is 8.30. The Bertz CT molecular complexity index is 578. The van der Waals surface area contributed by atoms with Crippen molar-refractivity contribution in [2.75, 3.05) is 11.4 Å². The van der Waals surface area contributed by atoms with Crippen LogP contribution < -0.4 is 10.6 Å². The zero-order valence-electron chi connectivity index (χ0n) is 13.5. The molecule has 0 spiro atoms. The van der Waals surface area contributed by atoms with Crippen molar-refractivity contribution in [1.29, 1.82) is 0 Å². The van der Waals surface area contributed by atoms with Crippen molar-refractivity contribution >= 4 is 16.6 Å². The highest BCUT2D eigenvalue weighted by Gasteiger charge is 2.15. The van der Waals surface area contributed by atoms with Gasteiger partial charge in [-0.1, -0.05) is 44.0 Å². The van der Waals surface area contributed by atoms with Gasteiger partial charge in [0.15, 0.2) is 0 Å². The summed E-state index contributed by atoms with van der Waals surface area (Å²) in [6.07, 6.45) is 5.66. The van der Waals surface area contributed by atoms with E-state index >= 15 is 0 Å². The number of hydrogen-bond acceptors (Lipinski definition) is 3. The Balaban J connectivity index is 2.43. The molecule has 2 aromatic rings. The van der Waals surface area contributed by atoms with Gasteiger partial charge in [0.2, 0.25) is 0 Å². The normalized spacial score (nSPS) is 11.3. The van der Waals surface area contributed by atoms with Crippen LogP contribution in [0.25, 0.3) is 10.8 Å². The molecule has 1 heterocycles. The first-order valence-electron chi connectivity index (χ1n) is 8.02. The first kappa shape index (κ1) is 15.8. The number of pyridine rings is 1. The molecule has 2 rings (SSSR count). The summed E-state index contributed by atoms with van der Waals surface area (Å²) in [5, 5.41) is 2.44. The number of unbranched alkanes of at least 4 members (excludes halogenated alkanes) is 2. The number of hydrogen-bond donors (Lipinski definition) is 1. The van der Waals surface area contributed by atoms with Gasteiger partial charge < -0.3 is 10.6 Å². The van der Waals surface area contributed by atoms with Crippen molar-refractivity contribution in [2.45, 2.75) is 52.6 Å². The van der Waals surface area contributed by atoms with Gasteiger partial charge in [0.25, 0.3) is 0 Å². The SMILES string of the molecule is CCCCCN(c1ncc(CN)c2ccccc12)C(C)C. The van der Waals surface area contributed by atoms with Crippen molar-refractivity contribution < 1.29 is 0 Å². The van der Waals surface area contributed by atoms with Crippen LogP contribution in [-0.2, 0) is 6.54 Å². The number of nitrogens with two attached hydrogens (primary N) is 1. The molecule has 1 aromatic heterocycles. The highest BCUT2D eigenvalue weighted by molar-refractivity contribution is 5.94. The van der Waals surface area contributed by atoms with Crippen molar-refractivity contribution in [3.63, 3.8) is 0 Å².